The molecule has 0 heterocycles. The molecule has 1 saturated carbocycles. The molecule has 0 aromatic heterocycles. The molecule has 6 heteroatoms. The number of hydrogen-bond acceptors (Lipinski definition) is 2. The van der Waals surface area contributed by atoms with Crippen LogP contribution >= 0.6 is 0 Å². The summed E-state index contributed by atoms with van der Waals surface area (Å²) in [6.07, 6.45) is 0.760. The zero-order chi connectivity index (χ0) is 14.0. The van der Waals surface area contributed by atoms with Gasteiger partial charge in [-0.2, -0.15) is 0 Å². The van der Waals surface area contributed by atoms with E-state index in [1.807, 2.05) is 0 Å². The number of carboxylic acids is 1. The number of nitrogens with one attached hydrogen (secondary N) is 1. The largest absolute Gasteiger partial charge is 0.480 e. The molecule has 19 heavy (non-hydrogen) atoms. The fraction of sp³-hybridized carbons (Fsp3) is 0.385. The summed E-state index contributed by atoms with van der Waals surface area (Å²) in [6, 6.07) is 3.10. The van der Waals surface area contributed by atoms with Crippen molar-refractivity contribution in [1.29, 1.82) is 0 Å². The minimum atomic E-state index is -1.31. The van der Waals surface area contributed by atoms with Crippen LogP contribution < -0.4 is 5.32 Å². The monoisotopic (exact) mass is 269 g/mol. The molecule has 0 spiro atoms. The van der Waals surface area contributed by atoms with Gasteiger partial charge < -0.3 is 10.4 Å². The van der Waals surface area contributed by atoms with E-state index < -0.39 is 28.9 Å². The maximum atomic E-state index is 13.3. The Hall–Kier alpha value is -1.98. The smallest absolute Gasteiger partial charge is 0.319 e. The summed E-state index contributed by atoms with van der Waals surface area (Å²) >= 11 is 0. The van der Waals surface area contributed by atoms with Crippen LogP contribution in [0.5, 0.6) is 0 Å². The van der Waals surface area contributed by atoms with E-state index >= 15 is 0 Å². The molecule has 2 rings (SSSR count). The minimum absolute atomic E-state index is 0.0776. The van der Waals surface area contributed by atoms with Crippen molar-refractivity contribution in [3.05, 3.63) is 35.4 Å². The average molecular weight is 269 g/mol. The molecule has 0 saturated heterocycles. The van der Waals surface area contributed by atoms with Crippen molar-refractivity contribution >= 4 is 11.9 Å². The van der Waals surface area contributed by atoms with Gasteiger partial charge in [-0.05, 0) is 43.0 Å². The van der Waals surface area contributed by atoms with Gasteiger partial charge in [-0.3, -0.25) is 9.59 Å². The normalized spacial score (nSPS) is 15.9. The highest BCUT2D eigenvalue weighted by Gasteiger charge is 2.56. The molecule has 1 fully saturated rings. The van der Waals surface area contributed by atoms with Crippen molar-refractivity contribution in [2.45, 2.75) is 19.3 Å². The number of hydrogen-bond donors (Lipinski definition) is 2. The number of carbonyl (C=O) groups excluding carboxylic acids is 1. The molecule has 0 radical (unpaired) electrons. The molecular formula is C13H13F2NO3. The Kier molecular flexibility index (Phi) is 3.50. The van der Waals surface area contributed by atoms with Gasteiger partial charge in [0.2, 0.25) is 5.91 Å². The van der Waals surface area contributed by atoms with E-state index in [4.69, 9.17) is 5.11 Å². The van der Waals surface area contributed by atoms with E-state index in [-0.39, 0.29) is 18.5 Å². The number of carboxylic acid groups (broad SMARTS) is 1. The highest BCUT2D eigenvalue weighted by atomic mass is 19.1. The van der Waals surface area contributed by atoms with Crippen molar-refractivity contribution in [3.63, 3.8) is 0 Å². The zero-order valence-corrected chi connectivity index (χ0v) is 10.1. The van der Waals surface area contributed by atoms with Gasteiger partial charge in [-0.25, -0.2) is 8.78 Å². The molecule has 0 unspecified atom stereocenters. The lowest BCUT2D eigenvalue weighted by molar-refractivity contribution is -0.149. The van der Waals surface area contributed by atoms with Gasteiger partial charge in [0, 0.05) is 6.54 Å². The highest BCUT2D eigenvalue weighted by molar-refractivity contribution is 6.04. The zero-order valence-electron chi connectivity index (χ0n) is 10.1. The third-order valence-electron chi connectivity index (χ3n) is 3.28. The quantitative estimate of drug-likeness (QED) is 0.796. The topological polar surface area (TPSA) is 66.4 Å². The first-order valence-corrected chi connectivity index (χ1v) is 5.91. The Labute approximate surface area is 108 Å². The molecule has 1 amide bonds. The Morgan fingerprint density at radius 2 is 2.00 bits per heavy atom. The lowest BCUT2D eigenvalue weighted by atomic mass is 10.1. The number of amides is 1. The number of benzene rings is 1. The number of aliphatic carboxylic acids is 1. The number of halogens is 2. The van der Waals surface area contributed by atoms with Gasteiger partial charge in [0.15, 0.2) is 0 Å². The summed E-state index contributed by atoms with van der Waals surface area (Å²) in [7, 11) is 0. The summed E-state index contributed by atoms with van der Waals surface area (Å²) in [4.78, 5) is 22.5. The first-order valence-electron chi connectivity index (χ1n) is 5.91. The third-order valence-corrected chi connectivity index (χ3v) is 3.28. The molecule has 1 aromatic rings. The number of rotatable bonds is 5. The Balaban J connectivity index is 1.89. The second-order valence-corrected chi connectivity index (χ2v) is 4.63. The van der Waals surface area contributed by atoms with Gasteiger partial charge in [-0.15, -0.1) is 0 Å². The fourth-order valence-corrected chi connectivity index (χ4v) is 1.88. The molecule has 0 atom stereocenters. The number of carbonyl (C=O) groups is 2. The van der Waals surface area contributed by atoms with Gasteiger partial charge in [0.05, 0.1) is 0 Å². The molecule has 0 bridgehead atoms. The first kappa shape index (κ1) is 13.5. The SMILES string of the molecule is O=C(O)C1(C(=O)NCCc2cc(F)ccc2F)CC1. The molecule has 1 aliphatic rings. The Morgan fingerprint density at radius 3 is 2.58 bits per heavy atom. The summed E-state index contributed by atoms with van der Waals surface area (Å²) in [5.41, 5.74) is -1.15. The van der Waals surface area contributed by atoms with Crippen LogP contribution in [0.4, 0.5) is 8.78 Å². The van der Waals surface area contributed by atoms with E-state index in [2.05, 4.69) is 5.32 Å². The van der Waals surface area contributed by atoms with Crippen LogP contribution in [0.2, 0.25) is 0 Å². The highest BCUT2D eigenvalue weighted by Crippen LogP contribution is 2.45. The summed E-state index contributed by atoms with van der Waals surface area (Å²) in [6.45, 7) is 0.0776. The van der Waals surface area contributed by atoms with Crippen LogP contribution in [0.15, 0.2) is 18.2 Å². The molecular weight excluding hydrogens is 256 g/mol. The summed E-state index contributed by atoms with van der Waals surface area (Å²) in [5, 5.41) is 11.4. The van der Waals surface area contributed by atoms with Crippen molar-refractivity contribution in [3.8, 4) is 0 Å². The maximum Gasteiger partial charge on any atom is 0.319 e. The van der Waals surface area contributed by atoms with Gasteiger partial charge in [0.25, 0.3) is 0 Å². The van der Waals surface area contributed by atoms with Crippen molar-refractivity contribution < 1.29 is 23.5 Å². The van der Waals surface area contributed by atoms with E-state index in [9.17, 15) is 18.4 Å². The third kappa shape index (κ3) is 2.72. The van der Waals surface area contributed by atoms with Crippen LogP contribution in [0.25, 0.3) is 0 Å². The van der Waals surface area contributed by atoms with E-state index in [0.29, 0.717) is 12.8 Å². The first-order chi connectivity index (χ1) is 8.95. The van der Waals surface area contributed by atoms with Gasteiger partial charge in [0.1, 0.15) is 17.0 Å². The average Bonchev–Trinajstić information content (AvgIpc) is 3.14. The summed E-state index contributed by atoms with van der Waals surface area (Å²) < 4.78 is 26.2. The molecule has 0 aliphatic heterocycles. The molecule has 1 aromatic carbocycles. The van der Waals surface area contributed by atoms with E-state index in [1.165, 1.54) is 0 Å². The molecule has 2 N–H and O–H groups in total. The lowest BCUT2D eigenvalue weighted by Crippen LogP contribution is -2.38. The lowest BCUT2D eigenvalue weighted by Gasteiger charge is -2.11. The predicted octanol–water partition coefficient (Wildman–Crippen LogP) is 1.49. The maximum absolute atomic E-state index is 13.3. The standard InChI is InChI=1S/C13H13F2NO3/c14-9-1-2-10(15)8(7-9)3-6-16-11(17)13(4-5-13)12(18)19/h1-2,7H,3-6H2,(H,16,17)(H,18,19). The van der Waals surface area contributed by atoms with Gasteiger partial charge in [-0.1, -0.05) is 0 Å². The van der Waals surface area contributed by atoms with E-state index in [1.54, 1.807) is 0 Å². The van der Waals surface area contributed by atoms with Crippen molar-refractivity contribution in [2.75, 3.05) is 6.54 Å². The molecule has 1 aliphatic carbocycles. The predicted molar refractivity (Wildman–Crippen MR) is 62.4 cm³/mol. The van der Waals surface area contributed by atoms with Crippen LogP contribution in [0, 0.1) is 17.0 Å². The fourth-order valence-electron chi connectivity index (χ4n) is 1.88. The van der Waals surface area contributed by atoms with Crippen molar-refractivity contribution in [1.82, 2.24) is 5.32 Å². The second-order valence-electron chi connectivity index (χ2n) is 4.63. The van der Waals surface area contributed by atoms with Crippen LogP contribution in [-0.4, -0.2) is 23.5 Å². The Bertz CT molecular complexity index is 527. The molecule has 102 valence electrons. The van der Waals surface area contributed by atoms with Gasteiger partial charge >= 0.3 is 5.97 Å². The minimum Gasteiger partial charge on any atom is -0.480 e. The molecule has 4 nitrogen and oxygen atoms in total. The van der Waals surface area contributed by atoms with Crippen LogP contribution in [0.1, 0.15) is 18.4 Å². The van der Waals surface area contributed by atoms with Crippen LogP contribution in [-0.2, 0) is 16.0 Å². The van der Waals surface area contributed by atoms with Crippen LogP contribution in [0.3, 0.4) is 0 Å². The summed E-state index contributed by atoms with van der Waals surface area (Å²) in [5.74, 6) is -2.79. The Morgan fingerprint density at radius 1 is 1.32 bits per heavy atom. The second kappa shape index (κ2) is 4.95. The van der Waals surface area contributed by atoms with Crippen molar-refractivity contribution in [2.24, 2.45) is 5.41 Å². The van der Waals surface area contributed by atoms with E-state index in [0.717, 1.165) is 18.2 Å².